The van der Waals surface area contributed by atoms with Crippen molar-refractivity contribution in [3.8, 4) is 0 Å². The van der Waals surface area contributed by atoms with Crippen molar-refractivity contribution in [2.24, 2.45) is 5.92 Å². The van der Waals surface area contributed by atoms with Crippen molar-refractivity contribution in [2.75, 3.05) is 5.75 Å². The van der Waals surface area contributed by atoms with Crippen molar-refractivity contribution in [3.05, 3.63) is 29.8 Å². The van der Waals surface area contributed by atoms with Crippen molar-refractivity contribution in [2.45, 2.75) is 51.3 Å². The summed E-state index contributed by atoms with van der Waals surface area (Å²) in [6.45, 7) is 6.16. The van der Waals surface area contributed by atoms with Crippen LogP contribution in [0.25, 0.3) is 0 Å². The smallest absolute Gasteiger partial charge is 0.178 e. The van der Waals surface area contributed by atoms with Crippen LogP contribution in [0.1, 0.15) is 45.6 Å². The number of rotatable bonds is 7. The number of hydrogen-bond donors (Lipinski definition) is 0. The maximum absolute atomic E-state index is 12.4. The Kier molecular flexibility index (Phi) is 5.86. The van der Waals surface area contributed by atoms with Gasteiger partial charge in [0.1, 0.15) is 0 Å². The van der Waals surface area contributed by atoms with Gasteiger partial charge in [-0.3, -0.25) is 0 Å². The fraction of sp³-hybridized carbons (Fsp3) is 0.600. The van der Waals surface area contributed by atoms with Gasteiger partial charge in [-0.05, 0) is 30.4 Å². The van der Waals surface area contributed by atoms with Crippen LogP contribution in [0.5, 0.6) is 0 Å². The van der Waals surface area contributed by atoms with E-state index in [0.717, 1.165) is 31.2 Å². The van der Waals surface area contributed by atoms with Gasteiger partial charge in [0.15, 0.2) is 9.84 Å². The maximum atomic E-state index is 12.4. The number of unbranched alkanes of at least 4 members (excludes halogenated alkanes) is 1. The van der Waals surface area contributed by atoms with Gasteiger partial charge in [0.25, 0.3) is 0 Å². The molecule has 0 heterocycles. The molecule has 3 heteroatoms. The van der Waals surface area contributed by atoms with Gasteiger partial charge in [-0.25, -0.2) is 8.42 Å². The number of benzene rings is 1. The quantitative estimate of drug-likeness (QED) is 0.752. The highest BCUT2D eigenvalue weighted by Gasteiger charge is 2.20. The van der Waals surface area contributed by atoms with E-state index in [9.17, 15) is 8.42 Å². The molecule has 18 heavy (non-hydrogen) atoms. The van der Waals surface area contributed by atoms with E-state index in [4.69, 9.17) is 0 Å². The highest BCUT2D eigenvalue weighted by atomic mass is 32.2. The molecule has 1 atom stereocenters. The first kappa shape index (κ1) is 15.2. The Labute approximate surface area is 111 Å². The molecule has 1 unspecified atom stereocenters. The van der Waals surface area contributed by atoms with Gasteiger partial charge in [0, 0.05) is 0 Å². The third kappa shape index (κ3) is 4.13. The van der Waals surface area contributed by atoms with E-state index in [1.807, 2.05) is 32.0 Å². The predicted molar refractivity (Wildman–Crippen MR) is 76.6 cm³/mol. The summed E-state index contributed by atoms with van der Waals surface area (Å²) in [6, 6.07) is 7.35. The first-order valence-corrected chi connectivity index (χ1v) is 8.47. The van der Waals surface area contributed by atoms with Crippen LogP contribution in [0.2, 0.25) is 0 Å². The Morgan fingerprint density at radius 1 is 1.17 bits per heavy atom. The summed E-state index contributed by atoms with van der Waals surface area (Å²) in [5.74, 6) is 0.504. The van der Waals surface area contributed by atoms with Gasteiger partial charge < -0.3 is 0 Å². The van der Waals surface area contributed by atoms with Crippen molar-refractivity contribution < 1.29 is 8.42 Å². The van der Waals surface area contributed by atoms with Gasteiger partial charge in [0.2, 0.25) is 0 Å². The Hall–Kier alpha value is -0.830. The van der Waals surface area contributed by atoms with Crippen molar-refractivity contribution >= 4 is 9.84 Å². The van der Waals surface area contributed by atoms with E-state index in [1.54, 1.807) is 6.07 Å². The lowest BCUT2D eigenvalue weighted by Crippen LogP contribution is -2.15. The Balaban J connectivity index is 2.86. The van der Waals surface area contributed by atoms with Crippen LogP contribution in [0, 0.1) is 5.92 Å². The second-order valence-electron chi connectivity index (χ2n) is 4.99. The van der Waals surface area contributed by atoms with E-state index in [1.165, 1.54) is 0 Å². The Morgan fingerprint density at radius 2 is 1.83 bits per heavy atom. The van der Waals surface area contributed by atoms with Gasteiger partial charge in [0.05, 0.1) is 10.6 Å². The molecule has 0 amide bonds. The zero-order valence-electron chi connectivity index (χ0n) is 11.6. The molecule has 1 aromatic carbocycles. The second kappa shape index (κ2) is 6.93. The number of aryl methyl sites for hydroxylation is 1. The van der Waals surface area contributed by atoms with E-state index in [-0.39, 0.29) is 11.7 Å². The standard InChI is InChI=1S/C15H24O2S/c1-4-6-9-13(3)12-18(16,17)15-11-8-7-10-14(15)5-2/h7-8,10-11,13H,4-6,9,12H2,1-3H3. The lowest BCUT2D eigenvalue weighted by atomic mass is 10.1. The third-order valence-electron chi connectivity index (χ3n) is 3.24. The maximum Gasteiger partial charge on any atom is 0.178 e. The minimum Gasteiger partial charge on any atom is -0.224 e. The molecule has 2 nitrogen and oxygen atoms in total. The topological polar surface area (TPSA) is 34.1 Å². The van der Waals surface area contributed by atoms with Crippen molar-refractivity contribution in [1.82, 2.24) is 0 Å². The summed E-state index contributed by atoms with van der Waals surface area (Å²) in [7, 11) is -3.13. The number of sulfone groups is 1. The molecule has 0 saturated heterocycles. The average molecular weight is 268 g/mol. The minimum atomic E-state index is -3.13. The van der Waals surface area contributed by atoms with Crippen LogP contribution in [-0.2, 0) is 16.3 Å². The van der Waals surface area contributed by atoms with Crippen LogP contribution in [0.4, 0.5) is 0 Å². The van der Waals surface area contributed by atoms with E-state index in [2.05, 4.69) is 6.92 Å². The fourth-order valence-electron chi connectivity index (χ4n) is 2.20. The first-order valence-electron chi connectivity index (χ1n) is 6.82. The van der Waals surface area contributed by atoms with Crippen LogP contribution in [-0.4, -0.2) is 14.2 Å². The Bertz CT molecular complexity index is 463. The lowest BCUT2D eigenvalue weighted by Gasteiger charge is -2.13. The van der Waals surface area contributed by atoms with Crippen LogP contribution in [0.3, 0.4) is 0 Å². The van der Waals surface area contributed by atoms with Crippen molar-refractivity contribution in [1.29, 1.82) is 0 Å². The minimum absolute atomic E-state index is 0.236. The number of hydrogen-bond acceptors (Lipinski definition) is 2. The molecule has 0 fully saturated rings. The molecule has 0 aromatic heterocycles. The summed E-state index contributed by atoms with van der Waals surface area (Å²) in [5, 5.41) is 0. The molecule has 0 aliphatic rings. The molecule has 0 saturated carbocycles. The lowest BCUT2D eigenvalue weighted by molar-refractivity contribution is 0.530. The van der Waals surface area contributed by atoms with Gasteiger partial charge in [-0.15, -0.1) is 0 Å². The zero-order valence-corrected chi connectivity index (χ0v) is 12.5. The summed E-state index contributed by atoms with van der Waals surface area (Å²) in [5.41, 5.74) is 0.931. The summed E-state index contributed by atoms with van der Waals surface area (Å²) >= 11 is 0. The normalized spacial score (nSPS) is 13.5. The molecule has 0 bridgehead atoms. The monoisotopic (exact) mass is 268 g/mol. The molecule has 0 radical (unpaired) electrons. The van der Waals surface area contributed by atoms with Gasteiger partial charge in [-0.1, -0.05) is 51.8 Å². The van der Waals surface area contributed by atoms with Crippen LogP contribution < -0.4 is 0 Å². The summed E-state index contributed by atoms with van der Waals surface area (Å²) in [6.07, 6.45) is 3.98. The van der Waals surface area contributed by atoms with E-state index in [0.29, 0.717) is 4.90 Å². The third-order valence-corrected chi connectivity index (χ3v) is 5.32. The fourth-order valence-corrected chi connectivity index (χ4v) is 4.19. The molecule has 0 N–H and O–H groups in total. The van der Waals surface area contributed by atoms with Crippen molar-refractivity contribution in [3.63, 3.8) is 0 Å². The zero-order chi connectivity index (χ0) is 13.6. The Morgan fingerprint density at radius 3 is 2.44 bits per heavy atom. The van der Waals surface area contributed by atoms with Crippen LogP contribution >= 0.6 is 0 Å². The van der Waals surface area contributed by atoms with Crippen LogP contribution in [0.15, 0.2) is 29.2 Å². The van der Waals surface area contributed by atoms with Gasteiger partial charge in [-0.2, -0.15) is 0 Å². The highest BCUT2D eigenvalue weighted by Crippen LogP contribution is 2.21. The van der Waals surface area contributed by atoms with Gasteiger partial charge >= 0.3 is 0 Å². The molecule has 102 valence electrons. The molecule has 0 aliphatic heterocycles. The molecule has 1 aromatic rings. The first-order chi connectivity index (χ1) is 8.51. The molecular weight excluding hydrogens is 244 g/mol. The molecular formula is C15H24O2S. The highest BCUT2D eigenvalue weighted by molar-refractivity contribution is 7.91. The largest absolute Gasteiger partial charge is 0.224 e. The SMILES string of the molecule is CCCCC(C)CS(=O)(=O)c1ccccc1CC. The van der Waals surface area contributed by atoms with E-state index < -0.39 is 9.84 Å². The predicted octanol–water partition coefficient (Wildman–Crippen LogP) is 3.85. The molecule has 1 rings (SSSR count). The second-order valence-corrected chi connectivity index (χ2v) is 6.99. The molecule has 0 aliphatic carbocycles. The average Bonchev–Trinajstić information content (AvgIpc) is 2.35. The molecule has 0 spiro atoms. The summed E-state index contributed by atoms with van der Waals surface area (Å²) in [4.78, 5) is 0.524. The summed E-state index contributed by atoms with van der Waals surface area (Å²) < 4.78 is 24.8. The van der Waals surface area contributed by atoms with E-state index >= 15 is 0 Å².